The summed E-state index contributed by atoms with van der Waals surface area (Å²) in [6.07, 6.45) is 21.2. The fourth-order valence-corrected chi connectivity index (χ4v) is 60.8. The normalized spacial score (nSPS) is 18.7. The van der Waals surface area contributed by atoms with Crippen molar-refractivity contribution in [3.63, 3.8) is 0 Å². The van der Waals surface area contributed by atoms with E-state index in [1.165, 1.54) is 115 Å². The van der Waals surface area contributed by atoms with Crippen molar-refractivity contribution in [3.8, 4) is 22.3 Å². The molecule has 0 bridgehead atoms. The summed E-state index contributed by atoms with van der Waals surface area (Å²) in [7, 11) is 0. The molecule has 4 aromatic rings. The molecule has 2 unspecified atom stereocenters. The second-order valence-corrected chi connectivity index (χ2v) is 96.5. The molecule has 2 heteroatoms. The number of unbranched alkanes of at least 4 members (excludes halogenated alkanes) is 6. The molecule has 2 aliphatic carbocycles. The van der Waals surface area contributed by atoms with Gasteiger partial charge in [0.1, 0.15) is 0 Å². The Morgan fingerprint density at radius 3 is 1.34 bits per heavy atom. The van der Waals surface area contributed by atoms with E-state index in [1.54, 1.807) is 11.1 Å². The van der Waals surface area contributed by atoms with Gasteiger partial charge in [0.25, 0.3) is 0 Å². The first-order valence-electron chi connectivity index (χ1n) is 20.0. The average Bonchev–Trinajstić information content (AvgIpc) is 3.75. The number of hydrogen-bond donors (Lipinski definition) is 0. The quantitative estimate of drug-likeness (QED) is 0.0876. The Balaban J connectivity index is 1.63. The van der Waals surface area contributed by atoms with Crippen molar-refractivity contribution in [1.82, 2.24) is 0 Å². The number of rotatable bonds is 14. The Hall–Kier alpha value is -2.55. The van der Waals surface area contributed by atoms with Crippen LogP contribution in [-0.4, -0.2) is 6.94 Å². The molecule has 2 aliphatic rings. The molecule has 2 atom stereocenters. The molecule has 264 valence electrons. The summed E-state index contributed by atoms with van der Waals surface area (Å²) in [4.78, 5) is 0. The summed E-state index contributed by atoms with van der Waals surface area (Å²) >= 11 is -5.19. The molecule has 0 N–H and O–H groups in total. The van der Waals surface area contributed by atoms with Crippen molar-refractivity contribution in [1.29, 1.82) is 0 Å². The van der Waals surface area contributed by atoms with Gasteiger partial charge in [0, 0.05) is 0 Å². The number of hydrogen-bond acceptors (Lipinski definition) is 0. The van der Waals surface area contributed by atoms with Crippen molar-refractivity contribution < 1.29 is 14.2 Å². The van der Waals surface area contributed by atoms with E-state index in [4.69, 9.17) is 0 Å². The van der Waals surface area contributed by atoms with Gasteiger partial charge < -0.3 is 0 Å². The molecule has 0 spiro atoms. The Labute approximate surface area is 301 Å². The van der Waals surface area contributed by atoms with Crippen molar-refractivity contribution in [2.75, 3.05) is 0 Å². The zero-order valence-electron chi connectivity index (χ0n) is 32.7. The van der Waals surface area contributed by atoms with E-state index >= 15 is 0 Å². The molecule has 0 aromatic heterocycles. The molecule has 0 saturated heterocycles. The van der Waals surface area contributed by atoms with E-state index in [1.807, 2.05) is 0 Å². The summed E-state index contributed by atoms with van der Waals surface area (Å²) < 4.78 is 9.63. The second kappa shape index (κ2) is 12.8. The molecule has 50 heavy (non-hydrogen) atoms. The first kappa shape index (κ1) is 37.2. The van der Waals surface area contributed by atoms with Gasteiger partial charge >= 0.3 is 303 Å². The third kappa shape index (κ3) is 6.09. The first-order chi connectivity index (χ1) is 23.7. The monoisotopic (exact) mass is 848 g/mol. The maximum atomic E-state index is 2.99. The van der Waals surface area contributed by atoms with Gasteiger partial charge in [-0.05, 0) is 0 Å². The van der Waals surface area contributed by atoms with E-state index in [9.17, 15) is 0 Å². The van der Waals surface area contributed by atoms with Crippen LogP contribution in [0.1, 0.15) is 117 Å². The van der Waals surface area contributed by atoms with Crippen molar-refractivity contribution in [3.05, 3.63) is 129 Å². The van der Waals surface area contributed by atoms with Crippen LogP contribution < -0.4 is 0 Å². The number of allylic oxidation sites excluding steroid dienone is 2. The third-order valence-corrected chi connectivity index (χ3v) is 71.1. The third-order valence-electron chi connectivity index (χ3n) is 14.5. The fourth-order valence-electron chi connectivity index (χ4n) is 11.2. The maximum absolute atomic E-state index is 5.19. The number of fused-ring (bicyclic) bond motifs is 2. The molecular weight excluding hydrogens is 783 g/mol. The molecule has 0 nitrogen and oxygen atoms in total. The van der Waals surface area contributed by atoms with Gasteiger partial charge in [0.15, 0.2) is 0 Å². The Kier molecular flexibility index (Phi) is 9.55. The Morgan fingerprint density at radius 2 is 0.940 bits per heavy atom. The van der Waals surface area contributed by atoms with Crippen LogP contribution in [-0.2, 0) is 14.2 Å². The van der Waals surface area contributed by atoms with Crippen molar-refractivity contribution in [2.24, 2.45) is 0 Å². The molecule has 0 heterocycles. The van der Waals surface area contributed by atoms with Gasteiger partial charge in [0.05, 0.1) is 0 Å². The van der Waals surface area contributed by atoms with Gasteiger partial charge in [-0.2, -0.15) is 0 Å². The number of aryl methyl sites for hydroxylation is 4. The minimum absolute atomic E-state index is 0.450. The predicted octanol–water partition coefficient (Wildman–Crippen LogP) is 14.5. The molecule has 0 amide bonds. The second-order valence-electron chi connectivity index (χ2n) is 19.5. The molecule has 4 aromatic carbocycles. The van der Waals surface area contributed by atoms with Crippen LogP contribution in [0.2, 0.25) is 17.7 Å². The van der Waals surface area contributed by atoms with Crippen molar-refractivity contribution >= 4 is 19.1 Å². The molecule has 0 saturated carbocycles. The van der Waals surface area contributed by atoms with E-state index in [0.717, 1.165) is 0 Å². The standard InChI is InChI=1S/2C17H15.2C6H13.2CH3.Hf.H2Si/c2*1-12-9-10-13(2)17(11-12)16-8-4-6-14-5-3-7-15(14)16;2*1-3-5-6-4-2;;;;/h2*3-11H,1-2H3;2*1,3-6H2,2H3;2*1H3;;1H2. The summed E-state index contributed by atoms with van der Waals surface area (Å²) in [6, 6.07) is 28.6. The van der Waals surface area contributed by atoms with Gasteiger partial charge in [-0.3, -0.25) is 0 Å². The zero-order valence-corrected chi connectivity index (χ0v) is 37.7. The van der Waals surface area contributed by atoms with Crippen LogP contribution in [0.3, 0.4) is 0 Å². The van der Waals surface area contributed by atoms with E-state index in [-0.39, 0.29) is 0 Å². The molecular formula is C48H64HfSi. The van der Waals surface area contributed by atoms with Gasteiger partial charge in [-0.25, -0.2) is 0 Å². The average molecular weight is 848 g/mol. The van der Waals surface area contributed by atoms with Gasteiger partial charge in [-0.1, -0.05) is 0 Å². The van der Waals surface area contributed by atoms with Crippen LogP contribution in [0, 0.1) is 27.7 Å². The fraction of sp³-hybridized carbons (Fsp3) is 0.417. The minimum atomic E-state index is -5.19. The van der Waals surface area contributed by atoms with Crippen LogP contribution in [0.4, 0.5) is 0 Å². The van der Waals surface area contributed by atoms with Crippen LogP contribution >= 0.6 is 0 Å². The van der Waals surface area contributed by atoms with Crippen LogP contribution in [0.5, 0.6) is 0 Å². The van der Waals surface area contributed by atoms with Crippen LogP contribution in [0.25, 0.3) is 34.4 Å². The molecule has 6 rings (SSSR count). The summed E-state index contributed by atoms with van der Waals surface area (Å²) in [6.45, 7) is 16.4. The molecule has 0 fully saturated rings. The zero-order chi connectivity index (χ0) is 35.8. The summed E-state index contributed by atoms with van der Waals surface area (Å²) in [5, 5.41) is 0. The van der Waals surface area contributed by atoms with E-state index < -0.39 is 14.2 Å². The summed E-state index contributed by atoms with van der Waals surface area (Å²) in [5.41, 5.74) is 17.2. The van der Waals surface area contributed by atoms with Crippen molar-refractivity contribution in [2.45, 2.75) is 118 Å². The Morgan fingerprint density at radius 1 is 0.520 bits per heavy atom. The molecule has 0 aliphatic heterocycles. The summed E-state index contributed by atoms with van der Waals surface area (Å²) in [5.74, 6) is 0. The molecule has 0 radical (unpaired) electrons. The SMILES string of the molecule is CCCCC[CH2][Hf]([CH3])([CH3])(=[SiH2])([CH2]CCCCC)([CH]1C=Cc2c(-c3cc(C)ccc3C)cccc21)[CH]1C=Cc2c(-c3cc(C)ccc3C)cccc21. The topological polar surface area (TPSA) is 0 Å². The first-order valence-corrected chi connectivity index (χ1v) is 44.7. The van der Waals surface area contributed by atoms with Gasteiger partial charge in [0.2, 0.25) is 0 Å². The van der Waals surface area contributed by atoms with Crippen LogP contribution in [0.15, 0.2) is 84.9 Å². The van der Waals surface area contributed by atoms with E-state index in [2.05, 4.69) is 155 Å². The van der Waals surface area contributed by atoms with E-state index in [0.29, 0.717) is 7.35 Å². The van der Waals surface area contributed by atoms with Gasteiger partial charge in [-0.15, -0.1) is 0 Å². The predicted molar refractivity (Wildman–Crippen MR) is 224 cm³/mol. The number of benzene rings is 4. The Bertz CT molecular complexity index is 1980.